The third-order valence-corrected chi connectivity index (χ3v) is 1.92. The summed E-state index contributed by atoms with van der Waals surface area (Å²) in [7, 11) is 1.69. The van der Waals surface area contributed by atoms with Crippen LogP contribution < -0.4 is 5.73 Å². The molecule has 0 saturated heterocycles. The summed E-state index contributed by atoms with van der Waals surface area (Å²) in [4.78, 5) is 0. The number of ether oxygens (including phenoxy) is 2. The summed E-state index contributed by atoms with van der Waals surface area (Å²) in [5, 5.41) is 6.96. The smallest absolute Gasteiger partial charge is 0.0928 e. The largest absolute Gasteiger partial charge is 0.388 e. The number of nitrogens with two attached hydrogens (primary N) is 1. The molecule has 0 aliphatic heterocycles. The Hall–Kier alpha value is -0.610. The molecule has 13 heavy (non-hydrogen) atoms. The zero-order valence-electron chi connectivity index (χ0n) is 8.72. The van der Waals surface area contributed by atoms with Crippen molar-refractivity contribution in [2.75, 3.05) is 20.3 Å². The topological polar surface area (TPSA) is 68.3 Å². The minimum absolute atomic E-state index is 0.129. The Kier molecular flexibility index (Phi) is 5.66. The van der Waals surface area contributed by atoms with Crippen LogP contribution in [0.15, 0.2) is 0 Å². The molecule has 0 aromatic rings. The van der Waals surface area contributed by atoms with Gasteiger partial charge in [-0.2, -0.15) is 0 Å². The quantitative estimate of drug-likeness (QED) is 0.357. The van der Waals surface area contributed by atoms with Crippen LogP contribution in [-0.4, -0.2) is 31.8 Å². The second-order valence-electron chi connectivity index (χ2n) is 3.60. The van der Waals surface area contributed by atoms with E-state index in [0.717, 1.165) is 6.42 Å². The molecule has 4 heteroatoms. The highest BCUT2D eigenvalue weighted by Gasteiger charge is 2.15. The molecule has 4 nitrogen and oxygen atoms in total. The van der Waals surface area contributed by atoms with Crippen molar-refractivity contribution in [3.8, 4) is 0 Å². The summed E-state index contributed by atoms with van der Waals surface area (Å²) < 4.78 is 10.5. The van der Waals surface area contributed by atoms with Crippen LogP contribution >= 0.6 is 0 Å². The lowest BCUT2D eigenvalue weighted by atomic mass is 10.1. The second kappa shape index (κ2) is 5.94. The number of methoxy groups -OCH3 is 1. The summed E-state index contributed by atoms with van der Waals surface area (Å²) in [5.41, 5.74) is 5.04. The normalized spacial score (nSPS) is 11.6. The second-order valence-corrected chi connectivity index (χ2v) is 3.60. The molecule has 0 aliphatic carbocycles. The Morgan fingerprint density at radius 1 is 1.38 bits per heavy atom. The highest BCUT2D eigenvalue weighted by atomic mass is 16.5. The lowest BCUT2D eigenvalue weighted by Gasteiger charge is -2.22. The zero-order valence-corrected chi connectivity index (χ0v) is 8.72. The van der Waals surface area contributed by atoms with Crippen molar-refractivity contribution in [2.45, 2.75) is 32.3 Å². The third kappa shape index (κ3) is 7.74. The first-order valence-corrected chi connectivity index (χ1v) is 4.44. The Morgan fingerprint density at radius 3 is 2.46 bits per heavy atom. The van der Waals surface area contributed by atoms with Crippen molar-refractivity contribution in [1.29, 1.82) is 5.41 Å². The van der Waals surface area contributed by atoms with Gasteiger partial charge in [-0.05, 0) is 20.3 Å². The molecule has 0 fully saturated rings. The van der Waals surface area contributed by atoms with Crippen LogP contribution in [0, 0.1) is 5.41 Å². The van der Waals surface area contributed by atoms with Gasteiger partial charge in [-0.25, -0.2) is 0 Å². The first-order valence-electron chi connectivity index (χ1n) is 4.44. The summed E-state index contributed by atoms with van der Waals surface area (Å²) in [6.45, 7) is 5.20. The Labute approximate surface area is 79.9 Å². The first-order chi connectivity index (χ1) is 5.98. The number of rotatable bonds is 7. The average molecular weight is 188 g/mol. The minimum Gasteiger partial charge on any atom is -0.388 e. The predicted molar refractivity (Wildman–Crippen MR) is 53.1 cm³/mol. The molecule has 0 bridgehead atoms. The molecular weight excluding hydrogens is 168 g/mol. The van der Waals surface area contributed by atoms with Gasteiger partial charge >= 0.3 is 0 Å². The van der Waals surface area contributed by atoms with E-state index in [2.05, 4.69) is 0 Å². The van der Waals surface area contributed by atoms with Gasteiger partial charge in [-0.3, -0.25) is 5.41 Å². The lowest BCUT2D eigenvalue weighted by Crippen LogP contribution is -2.24. The molecule has 0 radical (unpaired) electrons. The lowest BCUT2D eigenvalue weighted by molar-refractivity contribution is -0.00895. The minimum atomic E-state index is -0.129. The highest BCUT2D eigenvalue weighted by molar-refractivity contribution is 5.76. The van der Waals surface area contributed by atoms with E-state index in [9.17, 15) is 0 Å². The van der Waals surface area contributed by atoms with Crippen LogP contribution in [0.2, 0.25) is 0 Å². The zero-order chi connectivity index (χ0) is 10.3. The summed E-state index contributed by atoms with van der Waals surface area (Å²) >= 11 is 0. The number of nitrogens with one attached hydrogen (secondary N) is 1. The fourth-order valence-electron chi connectivity index (χ4n) is 0.704. The SMILES string of the molecule is COC(C)(C)CCOCCC(=N)N. The van der Waals surface area contributed by atoms with Crippen LogP contribution in [0.4, 0.5) is 0 Å². The van der Waals surface area contributed by atoms with Crippen molar-refractivity contribution in [2.24, 2.45) is 5.73 Å². The fourth-order valence-corrected chi connectivity index (χ4v) is 0.704. The standard InChI is InChI=1S/C9H20N2O2/c1-9(2,12-3)5-7-13-6-4-8(10)11/h4-7H2,1-3H3,(H3,10,11). The van der Waals surface area contributed by atoms with E-state index in [-0.39, 0.29) is 11.4 Å². The van der Waals surface area contributed by atoms with Gasteiger partial charge in [0.2, 0.25) is 0 Å². The van der Waals surface area contributed by atoms with Gasteiger partial charge in [0.25, 0.3) is 0 Å². The summed E-state index contributed by atoms with van der Waals surface area (Å²) in [6.07, 6.45) is 1.36. The molecule has 0 aliphatic rings. The van der Waals surface area contributed by atoms with E-state index >= 15 is 0 Å². The molecule has 78 valence electrons. The van der Waals surface area contributed by atoms with Gasteiger partial charge in [0, 0.05) is 20.1 Å². The maximum atomic E-state index is 6.96. The van der Waals surface area contributed by atoms with E-state index in [0.29, 0.717) is 19.6 Å². The fraction of sp³-hybridized carbons (Fsp3) is 0.889. The Bertz CT molecular complexity index is 158. The first kappa shape index (κ1) is 12.4. The van der Waals surface area contributed by atoms with E-state index in [4.69, 9.17) is 20.6 Å². The van der Waals surface area contributed by atoms with Crippen LogP contribution in [0.1, 0.15) is 26.7 Å². The number of hydrogen-bond donors (Lipinski definition) is 2. The van der Waals surface area contributed by atoms with Crippen LogP contribution in [0.25, 0.3) is 0 Å². The monoisotopic (exact) mass is 188 g/mol. The van der Waals surface area contributed by atoms with E-state index in [1.807, 2.05) is 13.8 Å². The summed E-state index contributed by atoms with van der Waals surface area (Å²) in [6, 6.07) is 0. The Morgan fingerprint density at radius 2 is 2.00 bits per heavy atom. The van der Waals surface area contributed by atoms with Crippen molar-refractivity contribution in [1.82, 2.24) is 0 Å². The van der Waals surface area contributed by atoms with E-state index in [1.54, 1.807) is 7.11 Å². The highest BCUT2D eigenvalue weighted by Crippen LogP contribution is 2.12. The third-order valence-electron chi connectivity index (χ3n) is 1.92. The van der Waals surface area contributed by atoms with E-state index in [1.165, 1.54) is 0 Å². The van der Waals surface area contributed by atoms with Crippen molar-refractivity contribution >= 4 is 5.84 Å². The molecule has 0 aromatic carbocycles. The molecule has 3 N–H and O–H groups in total. The molecule has 0 aromatic heterocycles. The predicted octanol–water partition coefficient (Wildman–Crippen LogP) is 1.14. The van der Waals surface area contributed by atoms with Crippen molar-refractivity contribution in [3.05, 3.63) is 0 Å². The van der Waals surface area contributed by atoms with E-state index < -0.39 is 0 Å². The number of amidine groups is 1. The molecule has 0 heterocycles. The van der Waals surface area contributed by atoms with Crippen molar-refractivity contribution in [3.63, 3.8) is 0 Å². The van der Waals surface area contributed by atoms with Gasteiger partial charge in [0.05, 0.1) is 18.0 Å². The number of hydrogen-bond acceptors (Lipinski definition) is 3. The molecule has 0 amide bonds. The van der Waals surface area contributed by atoms with Gasteiger partial charge in [-0.1, -0.05) is 0 Å². The maximum Gasteiger partial charge on any atom is 0.0928 e. The molecule has 0 spiro atoms. The van der Waals surface area contributed by atoms with Crippen molar-refractivity contribution < 1.29 is 9.47 Å². The Balaban J connectivity index is 3.30. The average Bonchev–Trinajstić information content (AvgIpc) is 2.03. The molecule has 0 saturated carbocycles. The van der Waals surface area contributed by atoms with Gasteiger partial charge < -0.3 is 15.2 Å². The van der Waals surface area contributed by atoms with Gasteiger partial charge in [0.15, 0.2) is 0 Å². The van der Waals surface area contributed by atoms with Crippen LogP contribution in [0.3, 0.4) is 0 Å². The van der Waals surface area contributed by atoms with Gasteiger partial charge in [-0.15, -0.1) is 0 Å². The van der Waals surface area contributed by atoms with Gasteiger partial charge in [0.1, 0.15) is 0 Å². The molecule has 0 unspecified atom stereocenters. The van der Waals surface area contributed by atoms with Crippen LogP contribution in [-0.2, 0) is 9.47 Å². The molecular formula is C9H20N2O2. The van der Waals surface area contributed by atoms with Crippen LogP contribution in [0.5, 0.6) is 0 Å². The maximum absolute atomic E-state index is 6.96. The molecule has 0 atom stereocenters. The molecule has 0 rings (SSSR count). The summed E-state index contributed by atoms with van der Waals surface area (Å²) in [5.74, 6) is 0.172.